The van der Waals surface area contributed by atoms with E-state index in [1.54, 1.807) is 12.1 Å². The standard InChI is InChI=1S/C16H22N2O5/c1-16(2,3)14-13(5-4-10-17(14)15(19)20)23-12-8-6-11(7-9-12)18(21)22/h6-9,13-14H,4-5,10H2,1-3H3,(H,19,20). The summed E-state index contributed by atoms with van der Waals surface area (Å²) in [6.45, 7) is 6.47. The van der Waals surface area contributed by atoms with E-state index in [4.69, 9.17) is 4.74 Å². The van der Waals surface area contributed by atoms with Crippen LogP contribution in [0.3, 0.4) is 0 Å². The maximum atomic E-state index is 11.5. The summed E-state index contributed by atoms with van der Waals surface area (Å²) in [6.07, 6.45) is 0.266. The summed E-state index contributed by atoms with van der Waals surface area (Å²) in [7, 11) is 0. The van der Waals surface area contributed by atoms with E-state index in [0.717, 1.165) is 12.8 Å². The first-order chi connectivity index (χ1) is 10.7. The van der Waals surface area contributed by atoms with Gasteiger partial charge in [0, 0.05) is 18.7 Å². The van der Waals surface area contributed by atoms with E-state index in [1.165, 1.54) is 17.0 Å². The third-order valence-electron chi connectivity index (χ3n) is 4.04. The predicted octanol–water partition coefficient (Wildman–Crippen LogP) is 3.53. The van der Waals surface area contributed by atoms with Crippen molar-refractivity contribution in [1.82, 2.24) is 4.90 Å². The zero-order chi connectivity index (χ0) is 17.2. The highest BCUT2D eigenvalue weighted by Crippen LogP contribution is 2.34. The highest BCUT2D eigenvalue weighted by molar-refractivity contribution is 5.66. The average Bonchev–Trinajstić information content (AvgIpc) is 2.46. The number of carboxylic acid groups (broad SMARTS) is 1. The molecule has 0 radical (unpaired) electrons. The number of nitro benzene ring substituents is 1. The fourth-order valence-electron chi connectivity index (χ4n) is 3.14. The fourth-order valence-corrected chi connectivity index (χ4v) is 3.14. The summed E-state index contributed by atoms with van der Waals surface area (Å²) in [5.41, 5.74) is -0.273. The Kier molecular flexibility index (Phi) is 4.77. The number of ether oxygens (including phenoxy) is 1. The molecule has 2 unspecified atom stereocenters. The van der Waals surface area contributed by atoms with Crippen LogP contribution in [-0.2, 0) is 0 Å². The molecule has 0 aromatic heterocycles. The number of piperidine rings is 1. The van der Waals surface area contributed by atoms with Crippen LogP contribution in [0.15, 0.2) is 24.3 Å². The van der Waals surface area contributed by atoms with Crippen LogP contribution < -0.4 is 4.74 Å². The Bertz CT molecular complexity index is 579. The number of hydrogen-bond acceptors (Lipinski definition) is 4. The fraction of sp³-hybridized carbons (Fsp3) is 0.562. The van der Waals surface area contributed by atoms with Crippen molar-refractivity contribution in [2.24, 2.45) is 5.41 Å². The normalized spacial score (nSPS) is 21.8. The number of nitro groups is 1. The largest absolute Gasteiger partial charge is 0.488 e. The van der Waals surface area contributed by atoms with Gasteiger partial charge in [0.05, 0.1) is 11.0 Å². The maximum absolute atomic E-state index is 11.5. The van der Waals surface area contributed by atoms with Gasteiger partial charge in [-0.25, -0.2) is 4.79 Å². The molecule has 0 spiro atoms. The smallest absolute Gasteiger partial charge is 0.407 e. The molecule has 1 fully saturated rings. The molecule has 1 heterocycles. The number of carbonyl (C=O) groups is 1. The number of non-ortho nitro benzene ring substituents is 1. The monoisotopic (exact) mass is 322 g/mol. The Labute approximate surface area is 135 Å². The van der Waals surface area contributed by atoms with Gasteiger partial charge in [-0.3, -0.25) is 10.1 Å². The van der Waals surface area contributed by atoms with Crippen LogP contribution in [0.5, 0.6) is 5.75 Å². The molecule has 126 valence electrons. The molecule has 1 amide bonds. The van der Waals surface area contributed by atoms with E-state index < -0.39 is 11.0 Å². The zero-order valence-corrected chi connectivity index (χ0v) is 13.6. The second kappa shape index (κ2) is 6.44. The van der Waals surface area contributed by atoms with Crippen molar-refractivity contribution in [3.63, 3.8) is 0 Å². The molecule has 1 aromatic carbocycles. The van der Waals surface area contributed by atoms with Crippen molar-refractivity contribution < 1.29 is 19.6 Å². The zero-order valence-electron chi connectivity index (χ0n) is 13.6. The number of benzene rings is 1. The Balaban J connectivity index is 2.21. The summed E-state index contributed by atoms with van der Waals surface area (Å²) in [5.74, 6) is 0.516. The van der Waals surface area contributed by atoms with Gasteiger partial charge in [0.15, 0.2) is 0 Å². The van der Waals surface area contributed by atoms with Crippen LogP contribution in [0.1, 0.15) is 33.6 Å². The van der Waals surface area contributed by atoms with Crippen molar-refractivity contribution in [2.75, 3.05) is 6.54 Å². The minimum atomic E-state index is -0.943. The van der Waals surface area contributed by atoms with E-state index in [9.17, 15) is 20.0 Å². The Morgan fingerprint density at radius 1 is 1.35 bits per heavy atom. The molecule has 1 N–H and O–H groups in total. The molecule has 2 rings (SSSR count). The third kappa shape index (κ3) is 3.91. The predicted molar refractivity (Wildman–Crippen MR) is 84.7 cm³/mol. The van der Waals surface area contributed by atoms with Gasteiger partial charge in [0.25, 0.3) is 5.69 Å². The molecule has 1 aromatic rings. The van der Waals surface area contributed by atoms with Crippen LogP contribution >= 0.6 is 0 Å². The molecule has 23 heavy (non-hydrogen) atoms. The van der Waals surface area contributed by atoms with Gasteiger partial charge in [-0.15, -0.1) is 0 Å². The molecule has 1 aliphatic heterocycles. The van der Waals surface area contributed by atoms with Crippen molar-refractivity contribution in [3.05, 3.63) is 34.4 Å². The maximum Gasteiger partial charge on any atom is 0.407 e. The van der Waals surface area contributed by atoms with Crippen molar-refractivity contribution in [2.45, 2.75) is 45.8 Å². The quantitative estimate of drug-likeness (QED) is 0.678. The molecule has 7 nitrogen and oxygen atoms in total. The SMILES string of the molecule is CC(C)(C)C1C(Oc2ccc([N+](=O)[O-])cc2)CCCN1C(=O)O. The van der Waals surface area contributed by atoms with Gasteiger partial charge in [-0.1, -0.05) is 20.8 Å². The van der Waals surface area contributed by atoms with Crippen LogP contribution in [-0.4, -0.2) is 39.7 Å². The average molecular weight is 322 g/mol. The molecule has 1 aliphatic rings. The van der Waals surface area contributed by atoms with Crippen LogP contribution in [0.4, 0.5) is 10.5 Å². The minimum absolute atomic E-state index is 0.000489. The number of nitrogens with zero attached hydrogens (tertiary/aromatic N) is 2. The first-order valence-electron chi connectivity index (χ1n) is 7.61. The van der Waals surface area contributed by atoms with E-state index >= 15 is 0 Å². The van der Waals surface area contributed by atoms with E-state index in [-0.39, 0.29) is 23.2 Å². The van der Waals surface area contributed by atoms with Gasteiger partial charge >= 0.3 is 6.09 Å². The van der Waals surface area contributed by atoms with Gasteiger partial charge < -0.3 is 14.7 Å². The molecule has 2 atom stereocenters. The highest BCUT2D eigenvalue weighted by Gasteiger charge is 2.43. The van der Waals surface area contributed by atoms with E-state index in [1.807, 2.05) is 20.8 Å². The second-order valence-electron chi connectivity index (χ2n) is 6.84. The summed E-state index contributed by atoms with van der Waals surface area (Å²) in [4.78, 5) is 23.2. The molecule has 0 bridgehead atoms. The van der Waals surface area contributed by atoms with Crippen LogP contribution in [0, 0.1) is 15.5 Å². The molecular weight excluding hydrogens is 300 g/mol. The number of rotatable bonds is 3. The van der Waals surface area contributed by atoms with Crippen LogP contribution in [0.2, 0.25) is 0 Å². The molecular formula is C16H22N2O5. The van der Waals surface area contributed by atoms with Gasteiger partial charge in [0.1, 0.15) is 11.9 Å². The summed E-state index contributed by atoms with van der Waals surface area (Å²) >= 11 is 0. The van der Waals surface area contributed by atoms with Gasteiger partial charge in [-0.2, -0.15) is 0 Å². The molecule has 0 aliphatic carbocycles. The number of hydrogen-bond donors (Lipinski definition) is 1. The minimum Gasteiger partial charge on any atom is -0.488 e. The summed E-state index contributed by atoms with van der Waals surface area (Å²) in [6, 6.07) is 5.61. The van der Waals surface area contributed by atoms with Crippen molar-refractivity contribution in [3.8, 4) is 5.75 Å². The third-order valence-corrected chi connectivity index (χ3v) is 4.04. The lowest BCUT2D eigenvalue weighted by Crippen LogP contribution is -2.58. The van der Waals surface area contributed by atoms with Gasteiger partial charge in [0.2, 0.25) is 0 Å². The lowest BCUT2D eigenvalue weighted by atomic mass is 9.79. The molecule has 7 heteroatoms. The second-order valence-corrected chi connectivity index (χ2v) is 6.84. The lowest BCUT2D eigenvalue weighted by Gasteiger charge is -2.46. The van der Waals surface area contributed by atoms with Crippen molar-refractivity contribution in [1.29, 1.82) is 0 Å². The number of amides is 1. The van der Waals surface area contributed by atoms with E-state index in [2.05, 4.69) is 0 Å². The summed E-state index contributed by atoms with van der Waals surface area (Å²) in [5, 5.41) is 20.1. The Morgan fingerprint density at radius 2 is 1.96 bits per heavy atom. The highest BCUT2D eigenvalue weighted by atomic mass is 16.6. The van der Waals surface area contributed by atoms with Crippen LogP contribution in [0.25, 0.3) is 0 Å². The lowest BCUT2D eigenvalue weighted by molar-refractivity contribution is -0.384. The van der Waals surface area contributed by atoms with Crippen molar-refractivity contribution >= 4 is 11.8 Å². The van der Waals surface area contributed by atoms with Gasteiger partial charge in [-0.05, 0) is 30.4 Å². The molecule has 0 saturated carbocycles. The first-order valence-corrected chi connectivity index (χ1v) is 7.61. The first kappa shape index (κ1) is 17.1. The number of likely N-dealkylation sites (tertiary alicyclic amines) is 1. The Morgan fingerprint density at radius 3 is 2.43 bits per heavy atom. The Hall–Kier alpha value is -2.31. The summed E-state index contributed by atoms with van der Waals surface area (Å²) < 4.78 is 5.98. The topological polar surface area (TPSA) is 92.9 Å². The molecule has 1 saturated heterocycles. The van der Waals surface area contributed by atoms with E-state index in [0.29, 0.717) is 12.3 Å².